The summed E-state index contributed by atoms with van der Waals surface area (Å²) in [4.78, 5) is 14.3. The van der Waals surface area contributed by atoms with Gasteiger partial charge in [0.25, 0.3) is 5.91 Å². The molecule has 1 heterocycles. The minimum absolute atomic E-state index is 0.105. The van der Waals surface area contributed by atoms with Crippen LogP contribution in [-0.2, 0) is 4.74 Å². The lowest BCUT2D eigenvalue weighted by Gasteiger charge is -2.36. The lowest BCUT2D eigenvalue weighted by molar-refractivity contribution is 0.0937. The minimum atomic E-state index is -0.105. The molecule has 0 aromatic heterocycles. The Morgan fingerprint density at radius 1 is 1.62 bits per heavy atom. The normalized spacial score (nSPS) is 16.9. The van der Waals surface area contributed by atoms with Gasteiger partial charge in [0.1, 0.15) is 12.4 Å². The van der Waals surface area contributed by atoms with E-state index in [2.05, 4.69) is 23.7 Å². The molecule has 1 aromatic carbocycles. The summed E-state index contributed by atoms with van der Waals surface area (Å²) in [5.41, 5.74) is 1.56. The summed E-state index contributed by atoms with van der Waals surface area (Å²) in [7, 11) is 1.61. The highest BCUT2D eigenvalue weighted by molar-refractivity contribution is 5.95. The Balaban J connectivity index is 2.19. The number of methoxy groups -OCH3 is 1. The summed E-state index contributed by atoms with van der Waals surface area (Å²) in [5, 5.41) is 2.82. The molecule has 0 fully saturated rings. The van der Waals surface area contributed by atoms with Crippen molar-refractivity contribution in [3.63, 3.8) is 0 Å². The van der Waals surface area contributed by atoms with Gasteiger partial charge in [0.15, 0.2) is 0 Å². The van der Waals surface area contributed by atoms with E-state index in [0.717, 1.165) is 18.0 Å². The summed E-state index contributed by atoms with van der Waals surface area (Å²) < 4.78 is 10.6. The second-order valence-electron chi connectivity index (χ2n) is 5.03. The zero-order valence-electron chi connectivity index (χ0n) is 12.6. The summed E-state index contributed by atoms with van der Waals surface area (Å²) in [6.07, 6.45) is 1.86. The van der Waals surface area contributed by atoms with Gasteiger partial charge in [-0.1, -0.05) is 6.08 Å². The number of hydrogen-bond donors (Lipinski definition) is 1. The van der Waals surface area contributed by atoms with E-state index in [-0.39, 0.29) is 11.9 Å². The predicted octanol–water partition coefficient (Wildman–Crippen LogP) is 1.84. The van der Waals surface area contributed by atoms with Crippen molar-refractivity contribution in [3.05, 3.63) is 36.4 Å². The van der Waals surface area contributed by atoms with Crippen molar-refractivity contribution in [2.75, 3.05) is 38.3 Å². The van der Waals surface area contributed by atoms with Gasteiger partial charge in [-0.15, -0.1) is 6.58 Å². The monoisotopic (exact) mass is 290 g/mol. The second-order valence-corrected chi connectivity index (χ2v) is 5.03. The van der Waals surface area contributed by atoms with Gasteiger partial charge in [0.05, 0.1) is 18.3 Å². The number of anilines is 1. The first-order chi connectivity index (χ1) is 10.2. The molecule has 1 aliphatic heterocycles. The molecule has 5 nitrogen and oxygen atoms in total. The summed E-state index contributed by atoms with van der Waals surface area (Å²) >= 11 is 0. The SMILES string of the molecule is C=CCN1c2cc(C(=O)NCCOC)ccc2OC[C@H]1C. The molecule has 0 spiro atoms. The first-order valence-electron chi connectivity index (χ1n) is 7.09. The first kappa shape index (κ1) is 15.4. The van der Waals surface area contributed by atoms with Crippen LogP contribution in [0.5, 0.6) is 5.75 Å². The number of rotatable bonds is 6. The van der Waals surface area contributed by atoms with Crippen LogP contribution in [0.25, 0.3) is 0 Å². The van der Waals surface area contributed by atoms with Crippen LogP contribution in [-0.4, -0.2) is 45.4 Å². The average Bonchev–Trinajstić information content (AvgIpc) is 2.50. The summed E-state index contributed by atoms with van der Waals surface area (Å²) in [6, 6.07) is 5.75. The van der Waals surface area contributed by atoms with Crippen LogP contribution < -0.4 is 15.0 Å². The van der Waals surface area contributed by atoms with E-state index in [1.54, 1.807) is 13.2 Å². The average molecular weight is 290 g/mol. The van der Waals surface area contributed by atoms with Crippen LogP contribution >= 0.6 is 0 Å². The number of carbonyl (C=O) groups excluding carboxylic acids is 1. The van der Waals surface area contributed by atoms with Gasteiger partial charge < -0.3 is 19.7 Å². The Morgan fingerprint density at radius 3 is 3.14 bits per heavy atom. The van der Waals surface area contributed by atoms with E-state index in [4.69, 9.17) is 9.47 Å². The van der Waals surface area contributed by atoms with Crippen molar-refractivity contribution in [2.24, 2.45) is 0 Å². The van der Waals surface area contributed by atoms with E-state index in [1.165, 1.54) is 0 Å². The fraction of sp³-hybridized carbons (Fsp3) is 0.438. The van der Waals surface area contributed by atoms with Crippen LogP contribution in [0.4, 0.5) is 5.69 Å². The Labute approximate surface area is 125 Å². The number of carbonyl (C=O) groups is 1. The maximum Gasteiger partial charge on any atom is 0.251 e. The molecular weight excluding hydrogens is 268 g/mol. The number of ether oxygens (including phenoxy) is 2. The van der Waals surface area contributed by atoms with Crippen LogP contribution in [0, 0.1) is 0 Å². The Kier molecular flexibility index (Phi) is 5.22. The van der Waals surface area contributed by atoms with Crippen molar-refractivity contribution in [3.8, 4) is 5.75 Å². The molecule has 2 rings (SSSR count). The van der Waals surface area contributed by atoms with E-state index in [0.29, 0.717) is 25.3 Å². The molecule has 21 heavy (non-hydrogen) atoms. The molecule has 0 bridgehead atoms. The van der Waals surface area contributed by atoms with Crippen LogP contribution in [0.15, 0.2) is 30.9 Å². The van der Waals surface area contributed by atoms with E-state index < -0.39 is 0 Å². The molecule has 1 aliphatic rings. The first-order valence-corrected chi connectivity index (χ1v) is 7.09. The third-order valence-corrected chi connectivity index (χ3v) is 3.46. The lowest BCUT2D eigenvalue weighted by Crippen LogP contribution is -2.41. The minimum Gasteiger partial charge on any atom is -0.489 e. The molecule has 0 saturated heterocycles. The molecule has 5 heteroatoms. The zero-order chi connectivity index (χ0) is 15.2. The van der Waals surface area contributed by atoms with Gasteiger partial charge in [0, 0.05) is 25.8 Å². The quantitative estimate of drug-likeness (QED) is 0.641. The third-order valence-electron chi connectivity index (χ3n) is 3.46. The fourth-order valence-electron chi connectivity index (χ4n) is 2.33. The Hall–Kier alpha value is -2.01. The number of nitrogens with zero attached hydrogens (tertiary/aromatic N) is 1. The van der Waals surface area contributed by atoms with Gasteiger partial charge in [-0.3, -0.25) is 4.79 Å². The second kappa shape index (κ2) is 7.13. The highest BCUT2D eigenvalue weighted by atomic mass is 16.5. The maximum atomic E-state index is 12.1. The molecule has 1 atom stereocenters. The van der Waals surface area contributed by atoms with Crippen LogP contribution in [0.1, 0.15) is 17.3 Å². The van der Waals surface area contributed by atoms with Crippen molar-refractivity contribution in [1.29, 1.82) is 0 Å². The van der Waals surface area contributed by atoms with Gasteiger partial charge >= 0.3 is 0 Å². The molecule has 0 aliphatic carbocycles. The smallest absolute Gasteiger partial charge is 0.251 e. The number of nitrogens with one attached hydrogen (secondary N) is 1. The summed E-state index contributed by atoms with van der Waals surface area (Å²) in [6.45, 7) is 8.25. The lowest BCUT2D eigenvalue weighted by atomic mass is 10.1. The van der Waals surface area contributed by atoms with Gasteiger partial charge in [0.2, 0.25) is 0 Å². The van der Waals surface area contributed by atoms with Crippen molar-refractivity contribution in [1.82, 2.24) is 5.32 Å². The number of fused-ring (bicyclic) bond motifs is 1. The number of hydrogen-bond acceptors (Lipinski definition) is 4. The molecule has 0 unspecified atom stereocenters. The predicted molar refractivity (Wildman–Crippen MR) is 83.2 cm³/mol. The van der Waals surface area contributed by atoms with Crippen LogP contribution in [0.3, 0.4) is 0 Å². The van der Waals surface area contributed by atoms with Crippen molar-refractivity contribution < 1.29 is 14.3 Å². The fourth-order valence-corrected chi connectivity index (χ4v) is 2.33. The maximum absolute atomic E-state index is 12.1. The molecule has 0 radical (unpaired) electrons. The molecule has 114 valence electrons. The van der Waals surface area contributed by atoms with Gasteiger partial charge in [-0.2, -0.15) is 0 Å². The van der Waals surface area contributed by atoms with Crippen molar-refractivity contribution in [2.45, 2.75) is 13.0 Å². The highest BCUT2D eigenvalue weighted by Crippen LogP contribution is 2.34. The van der Waals surface area contributed by atoms with E-state index in [9.17, 15) is 4.79 Å². The summed E-state index contributed by atoms with van der Waals surface area (Å²) in [5.74, 6) is 0.704. The molecule has 1 amide bonds. The van der Waals surface area contributed by atoms with Gasteiger partial charge in [-0.25, -0.2) is 0 Å². The van der Waals surface area contributed by atoms with E-state index in [1.807, 2.05) is 18.2 Å². The third kappa shape index (κ3) is 3.55. The number of benzene rings is 1. The Bertz CT molecular complexity index is 516. The van der Waals surface area contributed by atoms with Gasteiger partial charge in [-0.05, 0) is 25.1 Å². The largest absolute Gasteiger partial charge is 0.489 e. The van der Waals surface area contributed by atoms with Crippen molar-refractivity contribution >= 4 is 11.6 Å². The Morgan fingerprint density at radius 2 is 2.43 bits per heavy atom. The highest BCUT2D eigenvalue weighted by Gasteiger charge is 2.24. The number of amides is 1. The standard InChI is InChI=1S/C16H22N2O3/c1-4-8-18-12(2)11-21-15-6-5-13(10-14(15)18)16(19)17-7-9-20-3/h4-6,10,12H,1,7-9,11H2,2-3H3,(H,17,19)/t12-/m1/s1. The zero-order valence-corrected chi connectivity index (χ0v) is 12.6. The molecule has 1 aromatic rings. The topological polar surface area (TPSA) is 50.8 Å². The van der Waals surface area contributed by atoms with Crippen LogP contribution in [0.2, 0.25) is 0 Å². The molecule has 1 N–H and O–H groups in total. The molecular formula is C16H22N2O3. The van der Waals surface area contributed by atoms with E-state index >= 15 is 0 Å². The molecule has 0 saturated carbocycles.